The van der Waals surface area contributed by atoms with Gasteiger partial charge in [-0.05, 0) is 51.6 Å². The van der Waals surface area contributed by atoms with Gasteiger partial charge < -0.3 is 10.6 Å². The van der Waals surface area contributed by atoms with E-state index in [0.717, 1.165) is 25.3 Å². The van der Waals surface area contributed by atoms with Crippen LogP contribution in [0.3, 0.4) is 0 Å². The highest BCUT2D eigenvalue weighted by molar-refractivity contribution is 5.74. The van der Waals surface area contributed by atoms with E-state index in [4.69, 9.17) is 0 Å². The van der Waals surface area contributed by atoms with Crippen LogP contribution in [0.5, 0.6) is 0 Å². The summed E-state index contributed by atoms with van der Waals surface area (Å²) in [5.74, 6) is 0.865. The van der Waals surface area contributed by atoms with Crippen molar-refractivity contribution in [3.63, 3.8) is 0 Å². The Hall–Kier alpha value is -0.770. The summed E-state index contributed by atoms with van der Waals surface area (Å²) < 4.78 is 0. The molecule has 0 radical (unpaired) electrons. The van der Waals surface area contributed by atoms with Gasteiger partial charge in [0.05, 0.1) is 0 Å². The maximum atomic E-state index is 11.5. The Morgan fingerprint density at radius 3 is 2.53 bits per heavy atom. The van der Waals surface area contributed by atoms with E-state index in [1.165, 1.54) is 25.9 Å². The second-order valence-corrected chi connectivity index (χ2v) is 5.70. The highest BCUT2D eigenvalue weighted by Crippen LogP contribution is 2.19. The zero-order valence-electron chi connectivity index (χ0n) is 11.0. The smallest absolute Gasteiger partial charge is 0.315 e. The molecule has 2 amide bonds. The van der Waals surface area contributed by atoms with E-state index in [9.17, 15) is 4.79 Å². The molecule has 4 heteroatoms. The fourth-order valence-electron chi connectivity index (χ4n) is 2.30. The molecule has 1 aliphatic heterocycles. The molecule has 2 N–H and O–H groups in total. The van der Waals surface area contributed by atoms with Crippen LogP contribution in [-0.2, 0) is 0 Å². The Morgan fingerprint density at radius 1 is 1.29 bits per heavy atom. The van der Waals surface area contributed by atoms with Crippen LogP contribution in [-0.4, -0.2) is 42.6 Å². The summed E-state index contributed by atoms with van der Waals surface area (Å²) >= 11 is 0. The lowest BCUT2D eigenvalue weighted by atomic mass is 9.98. The Morgan fingerprint density at radius 2 is 1.94 bits per heavy atom. The van der Waals surface area contributed by atoms with Gasteiger partial charge in [-0.15, -0.1) is 0 Å². The topological polar surface area (TPSA) is 44.4 Å². The molecule has 1 aliphatic carbocycles. The third-order valence-electron chi connectivity index (χ3n) is 3.91. The summed E-state index contributed by atoms with van der Waals surface area (Å²) in [6, 6.07) is 0.901. The predicted octanol–water partition coefficient (Wildman–Crippen LogP) is 1.57. The Labute approximate surface area is 104 Å². The predicted molar refractivity (Wildman–Crippen MR) is 69.0 cm³/mol. The molecular weight excluding hydrogens is 214 g/mol. The lowest BCUT2D eigenvalue weighted by Crippen LogP contribution is -2.47. The highest BCUT2D eigenvalue weighted by atomic mass is 16.2. The van der Waals surface area contributed by atoms with Crippen LogP contribution in [0, 0.1) is 5.92 Å². The van der Waals surface area contributed by atoms with E-state index in [1.54, 1.807) is 0 Å². The molecule has 1 saturated heterocycles. The zero-order valence-corrected chi connectivity index (χ0v) is 11.0. The van der Waals surface area contributed by atoms with Gasteiger partial charge in [-0.3, -0.25) is 4.90 Å². The molecule has 1 saturated carbocycles. The van der Waals surface area contributed by atoms with Crippen LogP contribution in [0.2, 0.25) is 0 Å². The second-order valence-electron chi connectivity index (χ2n) is 5.70. The van der Waals surface area contributed by atoms with Crippen molar-refractivity contribution in [2.24, 2.45) is 5.92 Å². The second kappa shape index (κ2) is 5.71. The van der Waals surface area contributed by atoms with Gasteiger partial charge in [-0.1, -0.05) is 6.92 Å². The molecule has 4 nitrogen and oxygen atoms in total. The van der Waals surface area contributed by atoms with Crippen LogP contribution in [0.15, 0.2) is 0 Å². The number of piperidine rings is 1. The summed E-state index contributed by atoms with van der Waals surface area (Å²) in [6.07, 6.45) is 4.87. The van der Waals surface area contributed by atoms with E-state index in [0.29, 0.717) is 12.1 Å². The number of carbonyl (C=O) groups excluding carboxylic acids is 1. The van der Waals surface area contributed by atoms with E-state index >= 15 is 0 Å². The molecule has 0 spiro atoms. The van der Waals surface area contributed by atoms with Crippen LogP contribution in [0.1, 0.15) is 39.5 Å². The Bertz CT molecular complexity index is 257. The van der Waals surface area contributed by atoms with E-state index in [2.05, 4.69) is 29.4 Å². The number of hydrogen-bond donors (Lipinski definition) is 2. The van der Waals surface area contributed by atoms with Crippen molar-refractivity contribution >= 4 is 6.03 Å². The summed E-state index contributed by atoms with van der Waals surface area (Å²) in [5, 5.41) is 5.92. The minimum Gasteiger partial charge on any atom is -0.337 e. The largest absolute Gasteiger partial charge is 0.337 e. The molecule has 2 fully saturated rings. The van der Waals surface area contributed by atoms with Crippen LogP contribution in [0.25, 0.3) is 0 Å². The molecule has 98 valence electrons. The first kappa shape index (κ1) is 12.7. The lowest BCUT2D eigenvalue weighted by molar-refractivity contribution is 0.145. The molecule has 1 unspecified atom stereocenters. The van der Waals surface area contributed by atoms with Gasteiger partial charge in [0.2, 0.25) is 0 Å². The summed E-state index contributed by atoms with van der Waals surface area (Å²) in [6.45, 7) is 7.63. The minimum atomic E-state index is 0.00438. The van der Waals surface area contributed by atoms with Crippen molar-refractivity contribution in [3.05, 3.63) is 0 Å². The molecule has 0 aromatic carbocycles. The number of urea groups is 1. The first-order valence-electron chi connectivity index (χ1n) is 6.93. The third kappa shape index (κ3) is 4.19. The molecule has 0 aromatic heterocycles. The van der Waals surface area contributed by atoms with E-state index < -0.39 is 0 Å². The van der Waals surface area contributed by atoms with Crippen molar-refractivity contribution < 1.29 is 4.79 Å². The SMILES string of the molecule is CC1CCN(C(C)CNC(=O)NC2CC2)CC1. The van der Waals surface area contributed by atoms with Crippen molar-refractivity contribution in [3.8, 4) is 0 Å². The molecule has 0 bridgehead atoms. The van der Waals surface area contributed by atoms with Gasteiger partial charge in [0.25, 0.3) is 0 Å². The summed E-state index contributed by atoms with van der Waals surface area (Å²) in [5.41, 5.74) is 0. The normalized spacial score (nSPS) is 24.4. The molecule has 2 rings (SSSR count). The van der Waals surface area contributed by atoms with Gasteiger partial charge in [-0.2, -0.15) is 0 Å². The monoisotopic (exact) mass is 239 g/mol. The molecule has 2 aliphatic rings. The van der Waals surface area contributed by atoms with Crippen molar-refractivity contribution in [2.75, 3.05) is 19.6 Å². The van der Waals surface area contributed by atoms with Crippen molar-refractivity contribution in [1.29, 1.82) is 0 Å². The van der Waals surface area contributed by atoms with Gasteiger partial charge in [0, 0.05) is 18.6 Å². The number of nitrogens with zero attached hydrogens (tertiary/aromatic N) is 1. The number of hydrogen-bond acceptors (Lipinski definition) is 2. The fourth-order valence-corrected chi connectivity index (χ4v) is 2.30. The highest BCUT2D eigenvalue weighted by Gasteiger charge is 2.24. The quantitative estimate of drug-likeness (QED) is 0.782. The minimum absolute atomic E-state index is 0.00438. The van der Waals surface area contributed by atoms with Crippen LogP contribution in [0.4, 0.5) is 4.79 Å². The third-order valence-corrected chi connectivity index (χ3v) is 3.91. The lowest BCUT2D eigenvalue weighted by Gasteiger charge is -2.34. The number of amides is 2. The zero-order chi connectivity index (χ0) is 12.3. The maximum absolute atomic E-state index is 11.5. The Kier molecular flexibility index (Phi) is 4.26. The molecular formula is C13H25N3O. The number of carbonyl (C=O) groups is 1. The van der Waals surface area contributed by atoms with Crippen LogP contribution >= 0.6 is 0 Å². The number of nitrogens with one attached hydrogen (secondary N) is 2. The average Bonchev–Trinajstić information content (AvgIpc) is 3.11. The van der Waals surface area contributed by atoms with Gasteiger partial charge in [-0.25, -0.2) is 4.79 Å². The molecule has 0 aromatic rings. The number of likely N-dealkylation sites (tertiary alicyclic amines) is 1. The Balaban J connectivity index is 1.62. The van der Waals surface area contributed by atoms with Crippen molar-refractivity contribution in [1.82, 2.24) is 15.5 Å². The fraction of sp³-hybridized carbons (Fsp3) is 0.923. The standard InChI is InChI=1S/C13H25N3O/c1-10-5-7-16(8-6-10)11(2)9-14-13(17)15-12-3-4-12/h10-12H,3-9H2,1-2H3,(H2,14,15,17). The van der Waals surface area contributed by atoms with E-state index in [1.807, 2.05) is 0 Å². The maximum Gasteiger partial charge on any atom is 0.315 e. The summed E-state index contributed by atoms with van der Waals surface area (Å²) in [7, 11) is 0. The average molecular weight is 239 g/mol. The van der Waals surface area contributed by atoms with Crippen LogP contribution < -0.4 is 10.6 Å². The first-order valence-corrected chi connectivity index (χ1v) is 6.93. The number of rotatable bonds is 4. The van der Waals surface area contributed by atoms with Gasteiger partial charge in [0.1, 0.15) is 0 Å². The van der Waals surface area contributed by atoms with Crippen molar-refractivity contribution in [2.45, 2.75) is 51.6 Å². The molecule has 1 atom stereocenters. The van der Waals surface area contributed by atoms with E-state index in [-0.39, 0.29) is 6.03 Å². The first-order chi connectivity index (χ1) is 8.15. The van der Waals surface area contributed by atoms with Gasteiger partial charge in [0.15, 0.2) is 0 Å². The summed E-state index contributed by atoms with van der Waals surface area (Å²) in [4.78, 5) is 14.0. The molecule has 1 heterocycles. The molecule has 17 heavy (non-hydrogen) atoms. The van der Waals surface area contributed by atoms with Gasteiger partial charge >= 0.3 is 6.03 Å².